The van der Waals surface area contributed by atoms with E-state index < -0.39 is 23.7 Å². The second-order valence-corrected chi connectivity index (χ2v) is 8.19. The van der Waals surface area contributed by atoms with Crippen molar-refractivity contribution in [1.29, 1.82) is 0 Å². The second-order valence-electron chi connectivity index (χ2n) is 8.19. The molecule has 172 valence electrons. The van der Waals surface area contributed by atoms with Gasteiger partial charge in [-0.05, 0) is 49.1 Å². The van der Waals surface area contributed by atoms with Crippen LogP contribution in [0, 0.1) is 5.41 Å². The Morgan fingerprint density at radius 3 is 2.53 bits per heavy atom. The van der Waals surface area contributed by atoms with Crippen LogP contribution in [-0.2, 0) is 16.0 Å². The van der Waals surface area contributed by atoms with E-state index in [1.165, 1.54) is 0 Å². The first-order chi connectivity index (χ1) is 15.4. The fourth-order valence-electron chi connectivity index (χ4n) is 4.37. The molecule has 1 aromatic heterocycles. The topological polar surface area (TPSA) is 132 Å². The van der Waals surface area contributed by atoms with E-state index in [9.17, 15) is 15.0 Å². The van der Waals surface area contributed by atoms with E-state index in [2.05, 4.69) is 15.2 Å². The van der Waals surface area contributed by atoms with Gasteiger partial charge in [0.25, 0.3) is 6.47 Å². The Hall–Kier alpha value is -3.17. The maximum absolute atomic E-state index is 13.3. The number of carbonyl (C=O) groups is 2. The number of benzene rings is 1. The third-order valence-corrected chi connectivity index (χ3v) is 6.07. The lowest BCUT2D eigenvalue weighted by Crippen LogP contribution is -2.66. The highest BCUT2D eigenvalue weighted by Crippen LogP contribution is 2.38. The van der Waals surface area contributed by atoms with Gasteiger partial charge in [0.15, 0.2) is 0 Å². The van der Waals surface area contributed by atoms with Gasteiger partial charge < -0.3 is 30.3 Å². The smallest absolute Gasteiger partial charge is 0.290 e. The van der Waals surface area contributed by atoms with Crippen LogP contribution in [0.2, 0.25) is 0 Å². The summed E-state index contributed by atoms with van der Waals surface area (Å²) in [5.74, 6) is 0.682. The number of ether oxygens (including phenoxy) is 1. The standard InChI is InChI=1S/C22H27N3O4.CH2O2/c1-29-17-4-2-3-15(11-17)12-22(13-25(14-22)16-7-9-23-10-8-16)21(28)24-18-5-6-19(26)20(18)27;2-1-3/h2-4,7-11,18-20,26-27H,5-6,12-14H2,1H3,(H,24,28);1H,(H,2,3)/t18-,19-,20-;/m1./s1. The molecular formula is C23H29N3O6. The van der Waals surface area contributed by atoms with Crippen LogP contribution in [0.25, 0.3) is 0 Å². The Balaban J connectivity index is 0.000000913. The average molecular weight is 444 g/mol. The maximum atomic E-state index is 13.3. The van der Waals surface area contributed by atoms with E-state index in [1.807, 2.05) is 36.4 Å². The van der Waals surface area contributed by atoms with Crippen LogP contribution in [0.5, 0.6) is 5.75 Å². The molecule has 32 heavy (non-hydrogen) atoms. The normalized spacial score (nSPS) is 23.3. The van der Waals surface area contributed by atoms with Gasteiger partial charge in [0.1, 0.15) is 5.75 Å². The average Bonchev–Trinajstić information content (AvgIpc) is 3.09. The van der Waals surface area contributed by atoms with Gasteiger partial charge in [-0.15, -0.1) is 0 Å². The molecular weight excluding hydrogens is 414 g/mol. The fraction of sp³-hybridized carbons (Fsp3) is 0.435. The Morgan fingerprint density at radius 1 is 1.25 bits per heavy atom. The number of nitrogens with one attached hydrogen (secondary N) is 1. The summed E-state index contributed by atoms with van der Waals surface area (Å²) in [7, 11) is 1.63. The maximum Gasteiger partial charge on any atom is 0.290 e. The first kappa shape index (κ1) is 23.5. The van der Waals surface area contributed by atoms with Crippen molar-refractivity contribution in [3.63, 3.8) is 0 Å². The third kappa shape index (κ3) is 5.17. The van der Waals surface area contributed by atoms with E-state index >= 15 is 0 Å². The molecule has 9 heteroatoms. The number of carboxylic acid groups (broad SMARTS) is 1. The Morgan fingerprint density at radius 2 is 1.94 bits per heavy atom. The molecule has 2 aliphatic rings. The number of anilines is 1. The molecule has 3 atom stereocenters. The van der Waals surface area contributed by atoms with Gasteiger partial charge in [0.05, 0.1) is 30.8 Å². The molecule has 2 aromatic rings. The van der Waals surface area contributed by atoms with Crippen LogP contribution in [0.1, 0.15) is 18.4 Å². The summed E-state index contributed by atoms with van der Waals surface area (Å²) in [5, 5.41) is 29.9. The zero-order valence-corrected chi connectivity index (χ0v) is 17.9. The fourth-order valence-corrected chi connectivity index (χ4v) is 4.37. The highest BCUT2D eigenvalue weighted by Gasteiger charge is 2.50. The predicted octanol–water partition coefficient (Wildman–Crippen LogP) is 0.840. The van der Waals surface area contributed by atoms with Crippen LogP contribution in [0.3, 0.4) is 0 Å². The zero-order chi connectivity index (χ0) is 23.1. The highest BCUT2D eigenvalue weighted by molar-refractivity contribution is 5.87. The minimum atomic E-state index is -0.913. The largest absolute Gasteiger partial charge is 0.497 e. The molecule has 1 amide bonds. The molecule has 0 unspecified atom stereocenters. The third-order valence-electron chi connectivity index (χ3n) is 6.07. The second kappa shape index (κ2) is 10.4. The first-order valence-electron chi connectivity index (χ1n) is 10.5. The number of aliphatic hydroxyl groups is 2. The lowest BCUT2D eigenvalue weighted by Gasteiger charge is -2.50. The summed E-state index contributed by atoms with van der Waals surface area (Å²) in [6.07, 6.45) is 3.45. The van der Waals surface area contributed by atoms with E-state index in [4.69, 9.17) is 14.6 Å². The molecule has 0 bridgehead atoms. The lowest BCUT2D eigenvalue weighted by atomic mass is 9.73. The van der Waals surface area contributed by atoms with Crippen LogP contribution in [0.4, 0.5) is 5.69 Å². The van der Waals surface area contributed by atoms with Gasteiger partial charge >= 0.3 is 0 Å². The van der Waals surface area contributed by atoms with Crippen molar-refractivity contribution in [3.05, 3.63) is 54.4 Å². The number of rotatable bonds is 6. The quantitative estimate of drug-likeness (QED) is 0.483. The number of hydrogen-bond acceptors (Lipinski definition) is 7. The number of pyridine rings is 1. The molecule has 9 nitrogen and oxygen atoms in total. The van der Waals surface area contributed by atoms with Crippen LogP contribution in [-0.4, -0.2) is 71.1 Å². The number of aromatic nitrogens is 1. The zero-order valence-electron chi connectivity index (χ0n) is 17.9. The number of amides is 1. The number of nitrogens with zero attached hydrogens (tertiary/aromatic N) is 2. The molecule has 4 rings (SSSR count). The summed E-state index contributed by atoms with van der Waals surface area (Å²) < 4.78 is 5.33. The number of aliphatic hydroxyl groups excluding tert-OH is 2. The molecule has 4 N–H and O–H groups in total. The van der Waals surface area contributed by atoms with Crippen molar-refractivity contribution in [2.45, 2.75) is 37.5 Å². The van der Waals surface area contributed by atoms with Gasteiger partial charge in [0.2, 0.25) is 5.91 Å². The van der Waals surface area contributed by atoms with E-state index in [0.29, 0.717) is 32.4 Å². The van der Waals surface area contributed by atoms with Gasteiger partial charge in [-0.3, -0.25) is 14.6 Å². The van der Waals surface area contributed by atoms with Crippen molar-refractivity contribution in [2.24, 2.45) is 5.41 Å². The van der Waals surface area contributed by atoms with E-state index in [-0.39, 0.29) is 12.4 Å². The molecule has 2 heterocycles. The number of methoxy groups -OCH3 is 1. The molecule has 1 aromatic carbocycles. The Bertz CT molecular complexity index is 904. The molecule has 1 aliphatic carbocycles. The molecule has 1 saturated carbocycles. The first-order valence-corrected chi connectivity index (χ1v) is 10.5. The molecule has 1 aliphatic heterocycles. The van der Waals surface area contributed by atoms with Gasteiger partial charge in [-0.1, -0.05) is 12.1 Å². The van der Waals surface area contributed by atoms with Gasteiger partial charge in [-0.2, -0.15) is 0 Å². The number of hydrogen-bond donors (Lipinski definition) is 4. The summed E-state index contributed by atoms with van der Waals surface area (Å²) in [6, 6.07) is 11.2. The molecule has 2 fully saturated rings. The van der Waals surface area contributed by atoms with Crippen molar-refractivity contribution in [2.75, 3.05) is 25.1 Å². The lowest BCUT2D eigenvalue weighted by molar-refractivity contribution is -0.134. The highest BCUT2D eigenvalue weighted by atomic mass is 16.5. The van der Waals surface area contributed by atoms with Gasteiger partial charge in [-0.25, -0.2) is 0 Å². The van der Waals surface area contributed by atoms with E-state index in [0.717, 1.165) is 17.0 Å². The summed E-state index contributed by atoms with van der Waals surface area (Å²) in [4.78, 5) is 27.9. The van der Waals surface area contributed by atoms with Crippen LogP contribution in [0.15, 0.2) is 48.8 Å². The molecule has 0 spiro atoms. The summed E-state index contributed by atoms with van der Waals surface area (Å²) in [6.45, 7) is 0.900. The molecule has 1 saturated heterocycles. The van der Waals surface area contributed by atoms with Gasteiger partial charge in [0, 0.05) is 31.2 Å². The Kier molecular flexibility index (Phi) is 7.66. The Labute approximate surface area is 186 Å². The monoisotopic (exact) mass is 443 g/mol. The number of carbonyl (C=O) groups excluding carboxylic acids is 1. The van der Waals surface area contributed by atoms with Crippen molar-refractivity contribution < 1.29 is 29.6 Å². The summed E-state index contributed by atoms with van der Waals surface area (Å²) >= 11 is 0. The minimum Gasteiger partial charge on any atom is -0.497 e. The minimum absolute atomic E-state index is 0.0798. The summed E-state index contributed by atoms with van der Waals surface area (Å²) in [5.41, 5.74) is 1.45. The van der Waals surface area contributed by atoms with Crippen LogP contribution >= 0.6 is 0 Å². The van der Waals surface area contributed by atoms with Crippen LogP contribution < -0.4 is 15.0 Å². The predicted molar refractivity (Wildman–Crippen MR) is 117 cm³/mol. The van der Waals surface area contributed by atoms with E-state index in [1.54, 1.807) is 19.5 Å². The SMILES string of the molecule is COc1cccc(CC2(C(=O)N[C@@H]3CC[C@@H](O)[C@@H]3O)CN(c3ccncc3)C2)c1.O=CO. The van der Waals surface area contributed by atoms with Crippen molar-refractivity contribution >= 4 is 18.1 Å². The molecule has 0 radical (unpaired) electrons. The van der Waals surface area contributed by atoms with Crippen molar-refractivity contribution in [1.82, 2.24) is 10.3 Å². The van der Waals surface area contributed by atoms with Crippen molar-refractivity contribution in [3.8, 4) is 5.75 Å².